The van der Waals surface area contributed by atoms with E-state index in [0.717, 1.165) is 5.39 Å². The molecule has 0 unspecified atom stereocenters. The first-order chi connectivity index (χ1) is 22.1. The average molecular weight is 667 g/mol. The Morgan fingerprint density at radius 1 is 1.17 bits per heavy atom. The lowest BCUT2D eigenvalue weighted by Crippen LogP contribution is -2.63. The van der Waals surface area contributed by atoms with Gasteiger partial charge in [0.2, 0.25) is 5.88 Å². The number of anilines is 1. The van der Waals surface area contributed by atoms with E-state index in [1.54, 1.807) is 24.3 Å². The molecule has 46 heavy (non-hydrogen) atoms. The van der Waals surface area contributed by atoms with Gasteiger partial charge >= 0.3 is 0 Å². The molecular formula is C34H28Cl2F3N5O2. The van der Waals surface area contributed by atoms with Gasteiger partial charge in [0.05, 0.1) is 28.3 Å². The minimum Gasteiger partial charge on any atom is -0.475 e. The molecule has 3 fully saturated rings. The zero-order valence-corrected chi connectivity index (χ0v) is 26.3. The summed E-state index contributed by atoms with van der Waals surface area (Å²) in [6, 6.07) is 13.5. The minimum absolute atomic E-state index is 0.0310. The van der Waals surface area contributed by atoms with Crippen LogP contribution >= 0.6 is 23.2 Å². The van der Waals surface area contributed by atoms with Crippen LogP contribution in [0, 0.1) is 17.1 Å². The van der Waals surface area contributed by atoms with Gasteiger partial charge in [-0.25, -0.2) is 18.2 Å². The van der Waals surface area contributed by atoms with Crippen molar-refractivity contribution >= 4 is 56.5 Å². The van der Waals surface area contributed by atoms with Crippen LogP contribution in [0.2, 0.25) is 10.0 Å². The molecule has 0 N–H and O–H groups in total. The van der Waals surface area contributed by atoms with Gasteiger partial charge in [-0.05, 0) is 49.0 Å². The van der Waals surface area contributed by atoms with E-state index in [1.807, 2.05) is 29.0 Å². The van der Waals surface area contributed by atoms with Crippen LogP contribution in [0.1, 0.15) is 18.4 Å². The fourth-order valence-electron chi connectivity index (χ4n) is 7.16. The molecule has 1 amide bonds. The fourth-order valence-corrected chi connectivity index (χ4v) is 7.70. The number of halogens is 5. The molecular weight excluding hydrogens is 638 g/mol. The molecule has 0 spiro atoms. The smallest absolute Gasteiger partial charge is 0.282 e. The zero-order valence-electron chi connectivity index (χ0n) is 24.7. The third kappa shape index (κ3) is 4.93. The first kappa shape index (κ1) is 30.6. The van der Waals surface area contributed by atoms with E-state index in [1.165, 1.54) is 11.0 Å². The Morgan fingerprint density at radius 2 is 1.98 bits per heavy atom. The monoisotopic (exact) mass is 665 g/mol. The van der Waals surface area contributed by atoms with Gasteiger partial charge in [0.25, 0.3) is 5.91 Å². The molecule has 7 rings (SSSR count). The van der Waals surface area contributed by atoms with Crippen molar-refractivity contribution in [1.29, 1.82) is 5.26 Å². The molecule has 0 radical (unpaired) electrons. The summed E-state index contributed by atoms with van der Waals surface area (Å²) in [4.78, 5) is 22.6. The van der Waals surface area contributed by atoms with E-state index in [2.05, 4.69) is 12.6 Å². The van der Waals surface area contributed by atoms with Crippen molar-refractivity contribution in [3.63, 3.8) is 0 Å². The molecule has 0 saturated carbocycles. The number of carbonyl (C=O) groups excluding carboxylic acids is 1. The van der Waals surface area contributed by atoms with E-state index in [0.29, 0.717) is 70.6 Å². The number of alkyl halides is 1. The maximum absolute atomic E-state index is 14.6. The second-order valence-corrected chi connectivity index (χ2v) is 12.9. The maximum atomic E-state index is 14.6. The highest BCUT2D eigenvalue weighted by molar-refractivity contribution is 6.38. The van der Waals surface area contributed by atoms with Gasteiger partial charge in [0.1, 0.15) is 30.2 Å². The molecule has 4 atom stereocenters. The maximum Gasteiger partial charge on any atom is 0.282 e. The number of nitrogens with zero attached hydrogens (tertiary/aromatic N) is 5. The van der Waals surface area contributed by atoms with E-state index in [9.17, 15) is 23.2 Å². The van der Waals surface area contributed by atoms with Gasteiger partial charge in [-0.1, -0.05) is 54.0 Å². The van der Waals surface area contributed by atoms with Gasteiger partial charge in [-0.2, -0.15) is 5.26 Å². The van der Waals surface area contributed by atoms with Gasteiger partial charge < -0.3 is 14.5 Å². The second kappa shape index (κ2) is 11.6. The number of likely N-dealkylation sites (tertiary alicyclic amines) is 2. The predicted octanol–water partition coefficient (Wildman–Crippen LogP) is 7.07. The molecule has 4 aromatic rings. The molecule has 4 heterocycles. The number of amides is 1. The lowest BCUT2D eigenvalue weighted by molar-refractivity contribution is -0.130. The fraction of sp³-hybridized carbons (Fsp3) is 0.324. The molecule has 0 aliphatic carbocycles. The van der Waals surface area contributed by atoms with Gasteiger partial charge in [-0.15, -0.1) is 0 Å². The van der Waals surface area contributed by atoms with E-state index < -0.39 is 23.7 Å². The number of ether oxygens (including phenoxy) is 1. The Balaban J connectivity index is 1.37. The number of benzene rings is 3. The predicted molar refractivity (Wildman–Crippen MR) is 172 cm³/mol. The Morgan fingerprint density at radius 3 is 2.70 bits per heavy atom. The number of hydrogen-bond acceptors (Lipinski definition) is 6. The van der Waals surface area contributed by atoms with Crippen molar-refractivity contribution in [2.75, 3.05) is 38.2 Å². The highest BCUT2D eigenvalue weighted by Gasteiger charge is 2.50. The summed E-state index contributed by atoms with van der Waals surface area (Å²) >= 11 is 13.4. The number of nitriles is 1. The van der Waals surface area contributed by atoms with Crippen LogP contribution in [0.5, 0.6) is 5.88 Å². The summed E-state index contributed by atoms with van der Waals surface area (Å²) in [7, 11) is 1.82. The van der Waals surface area contributed by atoms with E-state index >= 15 is 0 Å². The first-order valence-electron chi connectivity index (χ1n) is 14.9. The summed E-state index contributed by atoms with van der Waals surface area (Å²) in [6.07, 6.45) is -0.107. The molecule has 3 aliphatic rings. The average Bonchev–Trinajstić information content (AvgIpc) is 3.53. The molecule has 12 heteroatoms. The first-order valence-corrected chi connectivity index (χ1v) is 15.7. The molecule has 3 aliphatic heterocycles. The normalized spacial score (nSPS) is 22.6. The van der Waals surface area contributed by atoms with Crippen molar-refractivity contribution in [3.8, 4) is 23.1 Å². The molecule has 0 bridgehead atoms. The summed E-state index contributed by atoms with van der Waals surface area (Å²) < 4.78 is 48.7. The Kier molecular flexibility index (Phi) is 7.74. The van der Waals surface area contributed by atoms with Gasteiger partial charge in [0.15, 0.2) is 5.83 Å². The topological polar surface area (TPSA) is 72.7 Å². The molecule has 3 saturated heterocycles. The van der Waals surface area contributed by atoms with Crippen LogP contribution in [0.4, 0.5) is 18.9 Å². The SMILES string of the molecule is C=C(F)C(=O)N1CC[C@@H]2[C@H]1CN2c1c(C#N)c(OC[C@@H]2C[C@@H](F)CN2C)nc2cc(-c3cccc4ccc(F)c(Cl)c34)c(Cl)cc12. The van der Waals surface area contributed by atoms with Crippen LogP contribution in [0.15, 0.2) is 54.9 Å². The Hall–Kier alpha value is -4.04. The zero-order chi connectivity index (χ0) is 32.4. The number of carbonyl (C=O) groups is 1. The second-order valence-electron chi connectivity index (χ2n) is 12.1. The minimum atomic E-state index is -1.01. The van der Waals surface area contributed by atoms with Crippen molar-refractivity contribution in [3.05, 3.63) is 76.3 Å². The van der Waals surface area contributed by atoms with Gasteiger partial charge in [-0.3, -0.25) is 9.69 Å². The third-order valence-electron chi connectivity index (χ3n) is 9.47. The van der Waals surface area contributed by atoms with Crippen molar-refractivity contribution in [1.82, 2.24) is 14.8 Å². The van der Waals surface area contributed by atoms with Crippen molar-refractivity contribution < 1.29 is 22.7 Å². The number of pyridine rings is 1. The Labute approximate surface area is 273 Å². The highest BCUT2D eigenvalue weighted by atomic mass is 35.5. The van der Waals surface area contributed by atoms with Crippen LogP contribution < -0.4 is 9.64 Å². The number of likely N-dealkylation sites (N-methyl/N-ethyl adjacent to an activating group) is 1. The number of fused-ring (bicyclic) bond motifs is 3. The highest BCUT2D eigenvalue weighted by Crippen LogP contribution is 2.47. The van der Waals surface area contributed by atoms with E-state index in [-0.39, 0.29) is 41.2 Å². The van der Waals surface area contributed by atoms with Gasteiger partial charge in [0, 0.05) is 47.0 Å². The van der Waals surface area contributed by atoms with Crippen molar-refractivity contribution in [2.45, 2.75) is 37.1 Å². The van der Waals surface area contributed by atoms with Crippen LogP contribution in [-0.4, -0.2) is 78.3 Å². The molecule has 7 nitrogen and oxygen atoms in total. The third-order valence-corrected chi connectivity index (χ3v) is 10.2. The number of hydrogen-bond donors (Lipinski definition) is 0. The van der Waals surface area contributed by atoms with Crippen LogP contribution in [-0.2, 0) is 4.79 Å². The summed E-state index contributed by atoms with van der Waals surface area (Å²) in [5.74, 6) is -2.22. The van der Waals surface area contributed by atoms with E-state index in [4.69, 9.17) is 32.9 Å². The molecule has 1 aromatic heterocycles. The summed E-state index contributed by atoms with van der Waals surface area (Å²) in [5.41, 5.74) is 2.34. The molecule has 3 aromatic carbocycles. The lowest BCUT2D eigenvalue weighted by Gasteiger charge is -2.48. The quantitative estimate of drug-likeness (QED) is 0.205. The number of rotatable bonds is 6. The van der Waals surface area contributed by atoms with Crippen LogP contribution in [0.25, 0.3) is 32.8 Å². The number of aromatic nitrogens is 1. The Bertz CT molecular complexity index is 1980. The standard InChI is InChI=1S/C34H28Cl2F3N5O2/c1-17(37)34(45)43-9-8-28-29(43)15-44(28)32-23-11-25(35)22(21-5-3-4-18-6-7-26(39)31(36)30(18)21)12-27(23)41-33(24(32)13-40)46-16-20-10-19(38)14-42(20)2/h3-7,11-12,19-20,28-29H,1,8-10,14-16H2,2H3/t19-,20+,28-,29-/m1/s1. The largest absolute Gasteiger partial charge is 0.475 e. The van der Waals surface area contributed by atoms with Crippen LogP contribution in [0.3, 0.4) is 0 Å². The summed E-state index contributed by atoms with van der Waals surface area (Å²) in [6.45, 7) is 4.28. The lowest BCUT2D eigenvalue weighted by atomic mass is 9.92. The van der Waals surface area contributed by atoms with Crippen molar-refractivity contribution in [2.24, 2.45) is 0 Å². The molecule has 236 valence electrons. The summed E-state index contributed by atoms with van der Waals surface area (Å²) in [5, 5.41) is 12.6.